The standard InChI is InChI=1S/C12H16BrNO3S/c1-2-10-9-17-8-7-14(10)18(15,16)12-6-4-3-5-11(12)13/h3-6,10H,2,7-9H2,1H3. The number of sulfonamides is 1. The number of halogens is 1. The zero-order chi connectivity index (χ0) is 13.2. The van der Waals surface area contributed by atoms with Crippen LogP contribution in [0.25, 0.3) is 0 Å². The molecular weight excluding hydrogens is 318 g/mol. The molecule has 1 aliphatic rings. The van der Waals surface area contributed by atoms with Crippen LogP contribution in [0.15, 0.2) is 33.6 Å². The van der Waals surface area contributed by atoms with Crippen molar-refractivity contribution in [3.8, 4) is 0 Å². The summed E-state index contributed by atoms with van der Waals surface area (Å²) in [6.07, 6.45) is 0.754. The van der Waals surface area contributed by atoms with E-state index in [0.29, 0.717) is 29.1 Å². The molecule has 1 aromatic carbocycles. The first kappa shape index (κ1) is 14.0. The SMILES string of the molecule is CCC1COCCN1S(=O)(=O)c1ccccc1Br. The maximum absolute atomic E-state index is 12.6. The number of hydrogen-bond donors (Lipinski definition) is 0. The first-order valence-electron chi connectivity index (χ1n) is 5.91. The van der Waals surface area contributed by atoms with E-state index in [1.165, 1.54) is 0 Å². The average Bonchev–Trinajstić information content (AvgIpc) is 2.39. The molecule has 1 aromatic rings. The Hall–Kier alpha value is -0.430. The second-order valence-corrected chi connectivity index (χ2v) is 6.90. The molecule has 0 spiro atoms. The van der Waals surface area contributed by atoms with Gasteiger partial charge in [0.25, 0.3) is 0 Å². The summed E-state index contributed by atoms with van der Waals surface area (Å²) in [5.41, 5.74) is 0. The monoisotopic (exact) mass is 333 g/mol. The number of hydrogen-bond acceptors (Lipinski definition) is 3. The van der Waals surface area contributed by atoms with Crippen molar-refractivity contribution in [2.75, 3.05) is 19.8 Å². The smallest absolute Gasteiger partial charge is 0.244 e. The summed E-state index contributed by atoms with van der Waals surface area (Å²) in [4.78, 5) is 0.324. The van der Waals surface area contributed by atoms with Crippen molar-refractivity contribution >= 4 is 26.0 Å². The van der Waals surface area contributed by atoms with Crippen molar-refractivity contribution in [3.05, 3.63) is 28.7 Å². The number of morpholine rings is 1. The van der Waals surface area contributed by atoms with Crippen LogP contribution in [0.4, 0.5) is 0 Å². The maximum Gasteiger partial charge on any atom is 0.244 e. The summed E-state index contributed by atoms with van der Waals surface area (Å²) in [6, 6.07) is 6.84. The molecule has 0 aromatic heterocycles. The highest BCUT2D eigenvalue weighted by atomic mass is 79.9. The van der Waals surface area contributed by atoms with Gasteiger partial charge in [-0.3, -0.25) is 0 Å². The number of benzene rings is 1. The second kappa shape index (κ2) is 5.69. The lowest BCUT2D eigenvalue weighted by molar-refractivity contribution is 0.0314. The molecule has 2 rings (SSSR count). The minimum Gasteiger partial charge on any atom is -0.378 e. The van der Waals surface area contributed by atoms with Crippen molar-refractivity contribution in [2.24, 2.45) is 0 Å². The minimum atomic E-state index is -3.45. The Balaban J connectivity index is 2.39. The van der Waals surface area contributed by atoms with Gasteiger partial charge in [-0.1, -0.05) is 19.1 Å². The van der Waals surface area contributed by atoms with Gasteiger partial charge >= 0.3 is 0 Å². The van der Waals surface area contributed by atoms with Crippen LogP contribution in [0.2, 0.25) is 0 Å². The molecule has 1 heterocycles. The fourth-order valence-corrected chi connectivity index (χ4v) is 4.69. The van der Waals surface area contributed by atoms with Gasteiger partial charge in [-0.25, -0.2) is 8.42 Å². The van der Waals surface area contributed by atoms with E-state index in [2.05, 4.69) is 15.9 Å². The van der Waals surface area contributed by atoms with Crippen molar-refractivity contribution < 1.29 is 13.2 Å². The Bertz CT molecular complexity index is 518. The predicted octanol–water partition coefficient (Wildman–Crippen LogP) is 2.25. The largest absolute Gasteiger partial charge is 0.378 e. The highest BCUT2D eigenvalue weighted by Gasteiger charge is 2.33. The molecular formula is C12H16BrNO3S. The summed E-state index contributed by atoms with van der Waals surface area (Å²) >= 11 is 3.30. The second-order valence-electron chi connectivity index (χ2n) is 4.18. The lowest BCUT2D eigenvalue weighted by Gasteiger charge is -2.34. The van der Waals surface area contributed by atoms with Gasteiger partial charge in [0.15, 0.2) is 0 Å². The quantitative estimate of drug-likeness (QED) is 0.852. The Morgan fingerprint density at radius 2 is 2.17 bits per heavy atom. The molecule has 18 heavy (non-hydrogen) atoms. The van der Waals surface area contributed by atoms with Crippen LogP contribution >= 0.6 is 15.9 Å². The van der Waals surface area contributed by atoms with Crippen LogP contribution in [0.5, 0.6) is 0 Å². The molecule has 1 unspecified atom stereocenters. The van der Waals surface area contributed by atoms with E-state index in [1.807, 2.05) is 6.92 Å². The van der Waals surface area contributed by atoms with Gasteiger partial charge in [-0.15, -0.1) is 0 Å². The fourth-order valence-electron chi connectivity index (χ4n) is 2.06. The molecule has 0 aliphatic carbocycles. The summed E-state index contributed by atoms with van der Waals surface area (Å²) in [5.74, 6) is 0. The van der Waals surface area contributed by atoms with E-state index < -0.39 is 10.0 Å². The lowest BCUT2D eigenvalue weighted by Crippen LogP contribution is -2.48. The van der Waals surface area contributed by atoms with E-state index in [1.54, 1.807) is 28.6 Å². The molecule has 4 nitrogen and oxygen atoms in total. The number of ether oxygens (including phenoxy) is 1. The first-order valence-corrected chi connectivity index (χ1v) is 8.14. The van der Waals surface area contributed by atoms with Crippen molar-refractivity contribution in [1.29, 1.82) is 0 Å². The van der Waals surface area contributed by atoms with Gasteiger partial charge in [0.05, 0.1) is 18.1 Å². The van der Waals surface area contributed by atoms with Gasteiger partial charge in [0.2, 0.25) is 10.0 Å². The molecule has 0 bridgehead atoms. The van der Waals surface area contributed by atoms with E-state index in [9.17, 15) is 8.42 Å². The zero-order valence-corrected chi connectivity index (χ0v) is 12.6. The average molecular weight is 334 g/mol. The normalized spacial score (nSPS) is 22.0. The van der Waals surface area contributed by atoms with Crippen LogP contribution < -0.4 is 0 Å². The Kier molecular flexibility index (Phi) is 4.42. The minimum absolute atomic E-state index is 0.0733. The molecule has 0 N–H and O–H groups in total. The van der Waals surface area contributed by atoms with E-state index in [4.69, 9.17) is 4.74 Å². The van der Waals surface area contributed by atoms with E-state index in [0.717, 1.165) is 6.42 Å². The topological polar surface area (TPSA) is 46.6 Å². The Morgan fingerprint density at radius 1 is 1.44 bits per heavy atom. The van der Waals surface area contributed by atoms with Crippen LogP contribution in [0.3, 0.4) is 0 Å². The molecule has 0 amide bonds. The van der Waals surface area contributed by atoms with Crippen LogP contribution in [-0.2, 0) is 14.8 Å². The lowest BCUT2D eigenvalue weighted by atomic mass is 10.2. The van der Waals surface area contributed by atoms with Crippen LogP contribution in [0.1, 0.15) is 13.3 Å². The van der Waals surface area contributed by atoms with E-state index in [-0.39, 0.29) is 6.04 Å². The van der Waals surface area contributed by atoms with Gasteiger partial charge < -0.3 is 4.74 Å². The molecule has 0 radical (unpaired) electrons. The van der Waals surface area contributed by atoms with Crippen molar-refractivity contribution in [1.82, 2.24) is 4.31 Å². The van der Waals surface area contributed by atoms with E-state index >= 15 is 0 Å². The zero-order valence-electron chi connectivity index (χ0n) is 10.2. The maximum atomic E-state index is 12.6. The van der Waals surface area contributed by atoms with Crippen molar-refractivity contribution in [2.45, 2.75) is 24.3 Å². The third-order valence-corrected chi connectivity index (χ3v) is 6.03. The summed E-state index contributed by atoms with van der Waals surface area (Å²) in [6.45, 7) is 3.32. The molecule has 1 aliphatic heterocycles. The summed E-state index contributed by atoms with van der Waals surface area (Å²) in [5, 5.41) is 0. The summed E-state index contributed by atoms with van der Waals surface area (Å²) < 4.78 is 32.7. The number of nitrogens with zero attached hydrogens (tertiary/aromatic N) is 1. The van der Waals surface area contributed by atoms with Crippen molar-refractivity contribution in [3.63, 3.8) is 0 Å². The molecule has 6 heteroatoms. The molecule has 0 saturated carbocycles. The third-order valence-electron chi connectivity index (χ3n) is 3.07. The Labute approximate surface area is 116 Å². The first-order chi connectivity index (χ1) is 8.57. The van der Waals surface area contributed by atoms with Gasteiger partial charge in [-0.05, 0) is 34.5 Å². The fraction of sp³-hybridized carbons (Fsp3) is 0.500. The molecule has 1 fully saturated rings. The van der Waals surface area contributed by atoms with Gasteiger partial charge in [0.1, 0.15) is 0 Å². The van der Waals surface area contributed by atoms with Crippen LogP contribution in [0, 0.1) is 0 Å². The highest BCUT2D eigenvalue weighted by molar-refractivity contribution is 9.10. The summed E-state index contributed by atoms with van der Waals surface area (Å²) in [7, 11) is -3.45. The predicted molar refractivity (Wildman–Crippen MR) is 72.9 cm³/mol. The highest BCUT2D eigenvalue weighted by Crippen LogP contribution is 2.27. The Morgan fingerprint density at radius 3 is 2.83 bits per heavy atom. The molecule has 1 saturated heterocycles. The third kappa shape index (κ3) is 2.61. The molecule has 100 valence electrons. The van der Waals surface area contributed by atoms with Gasteiger partial charge in [-0.2, -0.15) is 4.31 Å². The molecule has 1 atom stereocenters. The van der Waals surface area contributed by atoms with Crippen LogP contribution in [-0.4, -0.2) is 38.5 Å². The van der Waals surface area contributed by atoms with Gasteiger partial charge in [0, 0.05) is 17.1 Å². The number of rotatable bonds is 3.